The summed E-state index contributed by atoms with van der Waals surface area (Å²) in [5.41, 5.74) is 1.32. The standard InChI is InChI=1S/C14H20N2O3/c1-3-15(9-11-4-5-11)13-7-6-12(10(2)17)8-14(13)16(18)19/h6-8,10-11,17H,3-5,9H2,1-2H3/t10-/m1/s1. The molecule has 5 nitrogen and oxygen atoms in total. The summed E-state index contributed by atoms with van der Waals surface area (Å²) in [6.45, 7) is 5.26. The average Bonchev–Trinajstić information content (AvgIpc) is 3.19. The molecule has 1 aromatic carbocycles. The van der Waals surface area contributed by atoms with Crippen LogP contribution >= 0.6 is 0 Å². The predicted molar refractivity (Wildman–Crippen MR) is 74.3 cm³/mol. The molecule has 0 bridgehead atoms. The first-order valence-corrected chi connectivity index (χ1v) is 6.74. The topological polar surface area (TPSA) is 66.6 Å². The lowest BCUT2D eigenvalue weighted by molar-refractivity contribution is -0.384. The van der Waals surface area contributed by atoms with Crippen molar-refractivity contribution in [2.75, 3.05) is 18.0 Å². The van der Waals surface area contributed by atoms with E-state index in [-0.39, 0.29) is 10.6 Å². The normalized spacial score (nSPS) is 16.2. The molecule has 1 saturated carbocycles. The van der Waals surface area contributed by atoms with Crippen LogP contribution in [0.1, 0.15) is 38.4 Å². The number of anilines is 1. The summed E-state index contributed by atoms with van der Waals surface area (Å²) >= 11 is 0. The third-order valence-corrected chi connectivity index (χ3v) is 3.58. The molecule has 0 aromatic heterocycles. The first-order chi connectivity index (χ1) is 9.02. The van der Waals surface area contributed by atoms with E-state index < -0.39 is 6.10 Å². The van der Waals surface area contributed by atoms with Gasteiger partial charge in [0.1, 0.15) is 5.69 Å². The van der Waals surface area contributed by atoms with Gasteiger partial charge in [0.15, 0.2) is 0 Å². The molecule has 1 aromatic rings. The average molecular weight is 264 g/mol. The van der Waals surface area contributed by atoms with Crippen molar-refractivity contribution in [2.45, 2.75) is 32.8 Å². The number of rotatable bonds is 6. The van der Waals surface area contributed by atoms with Crippen LogP contribution in [-0.4, -0.2) is 23.1 Å². The Labute approximate surface area is 113 Å². The van der Waals surface area contributed by atoms with Gasteiger partial charge in [0, 0.05) is 19.2 Å². The highest BCUT2D eigenvalue weighted by Gasteiger charge is 2.27. The van der Waals surface area contributed by atoms with Crippen LogP contribution in [0.2, 0.25) is 0 Å². The van der Waals surface area contributed by atoms with Gasteiger partial charge in [0.05, 0.1) is 11.0 Å². The van der Waals surface area contributed by atoms with Gasteiger partial charge in [-0.3, -0.25) is 10.1 Å². The first-order valence-electron chi connectivity index (χ1n) is 6.74. The zero-order valence-electron chi connectivity index (χ0n) is 11.4. The van der Waals surface area contributed by atoms with E-state index in [9.17, 15) is 15.2 Å². The third kappa shape index (κ3) is 3.23. The van der Waals surface area contributed by atoms with Crippen molar-refractivity contribution in [3.8, 4) is 0 Å². The Balaban J connectivity index is 2.33. The quantitative estimate of drug-likeness (QED) is 0.633. The van der Waals surface area contributed by atoms with E-state index in [1.54, 1.807) is 19.1 Å². The van der Waals surface area contributed by atoms with Crippen molar-refractivity contribution >= 4 is 11.4 Å². The molecule has 1 atom stereocenters. The summed E-state index contributed by atoms with van der Waals surface area (Å²) in [5, 5.41) is 20.8. The van der Waals surface area contributed by atoms with E-state index in [2.05, 4.69) is 4.90 Å². The molecule has 104 valence electrons. The summed E-state index contributed by atoms with van der Waals surface area (Å²) < 4.78 is 0. The molecular weight excluding hydrogens is 244 g/mol. The van der Waals surface area contributed by atoms with Gasteiger partial charge in [-0.2, -0.15) is 0 Å². The number of nitro benzene ring substituents is 1. The minimum Gasteiger partial charge on any atom is -0.389 e. The molecule has 0 unspecified atom stereocenters. The van der Waals surface area contributed by atoms with Crippen LogP contribution in [0.3, 0.4) is 0 Å². The molecule has 0 saturated heterocycles. The molecule has 0 radical (unpaired) electrons. The highest BCUT2D eigenvalue weighted by Crippen LogP contribution is 2.35. The SMILES string of the molecule is CCN(CC1CC1)c1ccc([C@@H](C)O)cc1[N+](=O)[O-]. The smallest absolute Gasteiger partial charge is 0.292 e. The summed E-state index contributed by atoms with van der Waals surface area (Å²) in [6, 6.07) is 5.00. The van der Waals surface area contributed by atoms with Crippen LogP contribution in [0.25, 0.3) is 0 Å². The minimum absolute atomic E-state index is 0.0842. The van der Waals surface area contributed by atoms with Crippen LogP contribution in [0, 0.1) is 16.0 Å². The van der Waals surface area contributed by atoms with Crippen LogP contribution in [0.15, 0.2) is 18.2 Å². The summed E-state index contributed by atoms with van der Waals surface area (Å²) in [5.74, 6) is 0.677. The van der Waals surface area contributed by atoms with Gasteiger partial charge in [0.2, 0.25) is 0 Å². The fourth-order valence-electron chi connectivity index (χ4n) is 2.22. The molecule has 1 aliphatic rings. The molecular formula is C14H20N2O3. The number of hydrogen-bond acceptors (Lipinski definition) is 4. The lowest BCUT2D eigenvalue weighted by Gasteiger charge is -2.23. The van der Waals surface area contributed by atoms with E-state index in [1.807, 2.05) is 6.92 Å². The highest BCUT2D eigenvalue weighted by atomic mass is 16.6. The van der Waals surface area contributed by atoms with Crippen molar-refractivity contribution < 1.29 is 10.0 Å². The zero-order valence-corrected chi connectivity index (χ0v) is 11.4. The summed E-state index contributed by atoms with van der Waals surface area (Å²) in [7, 11) is 0. The minimum atomic E-state index is -0.689. The Morgan fingerprint density at radius 3 is 2.68 bits per heavy atom. The van der Waals surface area contributed by atoms with Gasteiger partial charge >= 0.3 is 0 Å². The van der Waals surface area contributed by atoms with Gasteiger partial charge in [-0.15, -0.1) is 0 Å². The van der Waals surface area contributed by atoms with Crippen LogP contribution in [-0.2, 0) is 0 Å². The number of benzene rings is 1. The number of aliphatic hydroxyl groups excluding tert-OH is 1. The molecule has 0 heterocycles. The Bertz CT molecular complexity index is 470. The number of hydrogen-bond donors (Lipinski definition) is 1. The lowest BCUT2D eigenvalue weighted by atomic mass is 10.1. The van der Waals surface area contributed by atoms with E-state index in [1.165, 1.54) is 18.9 Å². The van der Waals surface area contributed by atoms with Crippen molar-refractivity contribution in [1.82, 2.24) is 0 Å². The summed E-state index contributed by atoms with van der Waals surface area (Å²) in [6.07, 6.45) is 1.75. The monoisotopic (exact) mass is 264 g/mol. The maximum atomic E-state index is 11.2. The molecule has 0 spiro atoms. The van der Waals surface area contributed by atoms with Crippen molar-refractivity contribution in [3.05, 3.63) is 33.9 Å². The first kappa shape index (κ1) is 13.8. The second-order valence-corrected chi connectivity index (χ2v) is 5.16. The second-order valence-electron chi connectivity index (χ2n) is 5.16. The molecule has 19 heavy (non-hydrogen) atoms. The Kier molecular flexibility index (Phi) is 4.04. The molecule has 5 heteroatoms. The van der Waals surface area contributed by atoms with Crippen LogP contribution in [0.4, 0.5) is 11.4 Å². The number of aliphatic hydroxyl groups is 1. The van der Waals surface area contributed by atoms with Crippen molar-refractivity contribution in [1.29, 1.82) is 0 Å². The van der Waals surface area contributed by atoms with Gasteiger partial charge in [-0.05, 0) is 44.2 Å². The van der Waals surface area contributed by atoms with E-state index in [4.69, 9.17) is 0 Å². The van der Waals surface area contributed by atoms with Gasteiger partial charge < -0.3 is 10.0 Å². The maximum absolute atomic E-state index is 11.2. The molecule has 1 aliphatic carbocycles. The lowest BCUT2D eigenvalue weighted by Crippen LogP contribution is -2.26. The van der Waals surface area contributed by atoms with Gasteiger partial charge in [-0.1, -0.05) is 6.07 Å². The van der Waals surface area contributed by atoms with E-state index in [0.29, 0.717) is 17.2 Å². The Morgan fingerprint density at radius 1 is 1.53 bits per heavy atom. The second kappa shape index (κ2) is 5.57. The van der Waals surface area contributed by atoms with Crippen molar-refractivity contribution in [3.63, 3.8) is 0 Å². The third-order valence-electron chi connectivity index (χ3n) is 3.58. The molecule has 2 rings (SSSR count). The fourth-order valence-corrected chi connectivity index (χ4v) is 2.22. The molecule has 1 fully saturated rings. The van der Waals surface area contributed by atoms with Crippen LogP contribution in [0.5, 0.6) is 0 Å². The fraction of sp³-hybridized carbons (Fsp3) is 0.571. The molecule has 1 N–H and O–H groups in total. The van der Waals surface area contributed by atoms with E-state index in [0.717, 1.165) is 13.1 Å². The van der Waals surface area contributed by atoms with Crippen LogP contribution < -0.4 is 4.90 Å². The largest absolute Gasteiger partial charge is 0.389 e. The van der Waals surface area contributed by atoms with E-state index >= 15 is 0 Å². The van der Waals surface area contributed by atoms with Gasteiger partial charge in [-0.25, -0.2) is 0 Å². The highest BCUT2D eigenvalue weighted by molar-refractivity contribution is 5.64. The number of nitrogens with zero attached hydrogens (tertiary/aromatic N) is 2. The number of nitro groups is 1. The zero-order chi connectivity index (χ0) is 14.0. The summed E-state index contributed by atoms with van der Waals surface area (Å²) in [4.78, 5) is 12.9. The molecule has 0 amide bonds. The Hall–Kier alpha value is -1.62. The Morgan fingerprint density at radius 2 is 2.21 bits per heavy atom. The van der Waals surface area contributed by atoms with Crippen molar-refractivity contribution in [2.24, 2.45) is 5.92 Å². The van der Waals surface area contributed by atoms with Gasteiger partial charge in [0.25, 0.3) is 5.69 Å². The molecule has 0 aliphatic heterocycles. The maximum Gasteiger partial charge on any atom is 0.292 e. The predicted octanol–water partition coefficient (Wildman–Crippen LogP) is 2.88.